The fraction of sp³-hybridized carbons (Fsp3) is 1.00. The summed E-state index contributed by atoms with van der Waals surface area (Å²) in [6.07, 6.45) is 1.17. The molecule has 1 fully saturated rings. The van der Waals surface area contributed by atoms with E-state index < -0.39 is 12.5 Å². The first-order chi connectivity index (χ1) is 5.22. The molecular weight excluding hydrogens is 148 g/mol. The van der Waals surface area contributed by atoms with Gasteiger partial charge in [-0.3, -0.25) is 4.90 Å². The lowest BCUT2D eigenvalue weighted by Crippen LogP contribution is -2.41. The predicted molar refractivity (Wildman–Crippen MR) is 40.9 cm³/mol. The van der Waals surface area contributed by atoms with Crippen LogP contribution < -0.4 is 0 Å². The van der Waals surface area contributed by atoms with Gasteiger partial charge in [-0.15, -0.1) is 0 Å². The zero-order valence-corrected chi connectivity index (χ0v) is 6.89. The molecule has 0 saturated carbocycles. The van der Waals surface area contributed by atoms with Crippen molar-refractivity contribution < 1.29 is 8.78 Å². The van der Waals surface area contributed by atoms with Gasteiger partial charge in [-0.25, -0.2) is 8.78 Å². The Hall–Kier alpha value is -0.180. The molecule has 66 valence electrons. The molecule has 0 N–H and O–H groups in total. The van der Waals surface area contributed by atoms with Crippen LogP contribution in [0.4, 0.5) is 8.78 Å². The van der Waals surface area contributed by atoms with Crippen LogP contribution in [0.3, 0.4) is 0 Å². The van der Waals surface area contributed by atoms with Crippen molar-refractivity contribution in [3.8, 4) is 0 Å². The van der Waals surface area contributed by atoms with Crippen LogP contribution in [-0.2, 0) is 0 Å². The minimum atomic E-state index is -2.19. The first-order valence-electron chi connectivity index (χ1n) is 4.24. The summed E-state index contributed by atoms with van der Waals surface area (Å²) in [7, 11) is 0. The van der Waals surface area contributed by atoms with Gasteiger partial charge in [-0.2, -0.15) is 0 Å². The number of halogens is 2. The summed E-state index contributed by atoms with van der Waals surface area (Å²) in [5, 5.41) is 0. The van der Waals surface area contributed by atoms with Crippen molar-refractivity contribution in [2.24, 2.45) is 0 Å². The molecule has 1 atom stereocenters. The van der Waals surface area contributed by atoms with Crippen molar-refractivity contribution >= 4 is 0 Å². The smallest absolute Gasteiger partial charge is 0.253 e. The van der Waals surface area contributed by atoms with E-state index in [-0.39, 0.29) is 0 Å². The first kappa shape index (κ1) is 8.91. The van der Waals surface area contributed by atoms with Crippen molar-refractivity contribution in [2.45, 2.75) is 38.7 Å². The second-order valence-electron chi connectivity index (χ2n) is 3.17. The molecule has 1 nitrogen and oxygen atoms in total. The third-order valence-corrected chi connectivity index (χ3v) is 2.33. The summed E-state index contributed by atoms with van der Waals surface area (Å²) >= 11 is 0. The highest BCUT2D eigenvalue weighted by Gasteiger charge is 2.23. The summed E-state index contributed by atoms with van der Waals surface area (Å²) in [6.45, 7) is 3.31. The molecule has 0 bridgehead atoms. The van der Waals surface area contributed by atoms with Gasteiger partial charge in [0.1, 0.15) is 0 Å². The van der Waals surface area contributed by atoms with Crippen LogP contribution in [0.25, 0.3) is 0 Å². The van der Waals surface area contributed by atoms with Crippen LogP contribution in [0.5, 0.6) is 0 Å². The number of rotatable bonds is 2. The number of alkyl halides is 2. The van der Waals surface area contributed by atoms with Crippen LogP contribution in [0.15, 0.2) is 0 Å². The third-order valence-electron chi connectivity index (χ3n) is 2.33. The van der Waals surface area contributed by atoms with Crippen molar-refractivity contribution in [3.05, 3.63) is 0 Å². The number of likely N-dealkylation sites (tertiary alicyclic amines) is 1. The Labute approximate surface area is 66.4 Å². The Morgan fingerprint density at radius 1 is 1.09 bits per heavy atom. The van der Waals surface area contributed by atoms with E-state index >= 15 is 0 Å². The minimum Gasteiger partial charge on any atom is -0.295 e. The summed E-state index contributed by atoms with van der Waals surface area (Å²) < 4.78 is 24.3. The summed E-state index contributed by atoms with van der Waals surface area (Å²) in [5.41, 5.74) is 0. The van der Waals surface area contributed by atoms with Crippen molar-refractivity contribution in [2.75, 3.05) is 13.1 Å². The molecule has 0 amide bonds. The Kier molecular flexibility index (Phi) is 3.24. The van der Waals surface area contributed by atoms with Gasteiger partial charge in [0.25, 0.3) is 6.43 Å². The standard InChI is InChI=1S/C8H15F2N/c1-7(8(9)10)11-5-3-2-4-6-11/h7-8H,2-6H2,1H3. The van der Waals surface area contributed by atoms with Gasteiger partial charge in [-0.05, 0) is 32.9 Å². The van der Waals surface area contributed by atoms with Gasteiger partial charge in [0.15, 0.2) is 0 Å². The first-order valence-corrected chi connectivity index (χ1v) is 4.24. The SMILES string of the molecule is CC(C(F)F)N1CCCCC1. The number of hydrogen-bond acceptors (Lipinski definition) is 1. The molecule has 1 aliphatic heterocycles. The molecule has 11 heavy (non-hydrogen) atoms. The normalized spacial score (nSPS) is 24.0. The Morgan fingerprint density at radius 2 is 1.64 bits per heavy atom. The zero-order valence-electron chi connectivity index (χ0n) is 6.89. The molecule has 1 saturated heterocycles. The van der Waals surface area contributed by atoms with Gasteiger partial charge in [-0.1, -0.05) is 6.42 Å². The van der Waals surface area contributed by atoms with E-state index in [2.05, 4.69) is 0 Å². The van der Waals surface area contributed by atoms with Gasteiger partial charge >= 0.3 is 0 Å². The van der Waals surface area contributed by atoms with Gasteiger partial charge in [0.2, 0.25) is 0 Å². The summed E-state index contributed by atoms with van der Waals surface area (Å²) in [5.74, 6) is 0. The highest BCUT2D eigenvalue weighted by atomic mass is 19.3. The molecule has 1 rings (SSSR count). The van der Waals surface area contributed by atoms with Crippen molar-refractivity contribution in [1.82, 2.24) is 4.90 Å². The molecule has 3 heteroatoms. The Bertz CT molecular complexity index is 111. The minimum absolute atomic E-state index is 0.546. The largest absolute Gasteiger partial charge is 0.295 e. The van der Waals surface area contributed by atoms with Crippen LogP contribution in [-0.4, -0.2) is 30.5 Å². The van der Waals surface area contributed by atoms with Crippen LogP contribution in [0, 0.1) is 0 Å². The van der Waals surface area contributed by atoms with E-state index in [0.717, 1.165) is 25.9 Å². The molecule has 0 aromatic rings. The molecule has 1 heterocycles. The highest BCUT2D eigenvalue weighted by Crippen LogP contribution is 2.15. The van der Waals surface area contributed by atoms with E-state index in [1.54, 1.807) is 6.92 Å². The quantitative estimate of drug-likeness (QED) is 0.602. The predicted octanol–water partition coefficient (Wildman–Crippen LogP) is 2.13. The van der Waals surface area contributed by atoms with Crippen molar-refractivity contribution in [1.29, 1.82) is 0 Å². The number of nitrogens with zero attached hydrogens (tertiary/aromatic N) is 1. The van der Waals surface area contributed by atoms with Crippen LogP contribution in [0.2, 0.25) is 0 Å². The van der Waals surface area contributed by atoms with Gasteiger partial charge in [0, 0.05) is 0 Å². The Balaban J connectivity index is 2.32. The fourth-order valence-corrected chi connectivity index (χ4v) is 1.49. The van der Waals surface area contributed by atoms with Crippen LogP contribution in [0.1, 0.15) is 26.2 Å². The second-order valence-corrected chi connectivity index (χ2v) is 3.17. The molecule has 0 spiro atoms. The lowest BCUT2D eigenvalue weighted by atomic mass is 10.1. The lowest BCUT2D eigenvalue weighted by molar-refractivity contribution is 0.0255. The van der Waals surface area contributed by atoms with Crippen LogP contribution >= 0.6 is 0 Å². The maximum absolute atomic E-state index is 12.2. The highest BCUT2D eigenvalue weighted by molar-refractivity contribution is 4.72. The maximum Gasteiger partial charge on any atom is 0.253 e. The average Bonchev–Trinajstić information content (AvgIpc) is 2.05. The molecule has 1 aliphatic rings. The van der Waals surface area contributed by atoms with E-state index in [4.69, 9.17) is 0 Å². The molecular formula is C8H15F2N. The second kappa shape index (κ2) is 4.00. The third kappa shape index (κ3) is 2.40. The lowest BCUT2D eigenvalue weighted by Gasteiger charge is -2.31. The Morgan fingerprint density at radius 3 is 2.09 bits per heavy atom. The molecule has 0 aromatic heterocycles. The van der Waals surface area contributed by atoms with Gasteiger partial charge in [0.05, 0.1) is 6.04 Å². The average molecular weight is 163 g/mol. The van der Waals surface area contributed by atoms with Crippen molar-refractivity contribution in [3.63, 3.8) is 0 Å². The maximum atomic E-state index is 12.2. The molecule has 0 aliphatic carbocycles. The topological polar surface area (TPSA) is 3.24 Å². The van der Waals surface area contributed by atoms with E-state index in [1.165, 1.54) is 6.42 Å². The molecule has 0 radical (unpaired) electrons. The monoisotopic (exact) mass is 163 g/mol. The summed E-state index contributed by atoms with van der Waals surface area (Å²) in [4.78, 5) is 1.88. The fourth-order valence-electron chi connectivity index (χ4n) is 1.49. The van der Waals surface area contributed by atoms with Gasteiger partial charge < -0.3 is 0 Å². The molecule has 0 aromatic carbocycles. The van der Waals surface area contributed by atoms with E-state index in [9.17, 15) is 8.78 Å². The zero-order chi connectivity index (χ0) is 8.27. The number of piperidine rings is 1. The van der Waals surface area contributed by atoms with E-state index in [0.29, 0.717) is 0 Å². The molecule has 1 unspecified atom stereocenters. The van der Waals surface area contributed by atoms with E-state index in [1.807, 2.05) is 4.90 Å². The summed E-state index contributed by atoms with van der Waals surface area (Å²) in [6, 6.07) is -0.546. The number of hydrogen-bond donors (Lipinski definition) is 0.